The van der Waals surface area contributed by atoms with Crippen LogP contribution in [-0.4, -0.2) is 17.8 Å². The normalized spacial score (nSPS) is 12.2. The Hall–Kier alpha value is -0.680. The van der Waals surface area contributed by atoms with Crippen LogP contribution in [0.1, 0.15) is 13.8 Å². The molecular formula is C11H14BrNO2S. The quantitative estimate of drug-likeness (QED) is 0.527. The number of benzene rings is 1. The molecule has 0 spiro atoms. The highest BCUT2D eigenvalue weighted by Gasteiger charge is 2.16. The summed E-state index contributed by atoms with van der Waals surface area (Å²) in [5, 5.41) is -0.253. The van der Waals surface area contributed by atoms with Crippen molar-refractivity contribution in [2.75, 3.05) is 12.3 Å². The Morgan fingerprint density at radius 1 is 1.62 bits per heavy atom. The van der Waals surface area contributed by atoms with Crippen molar-refractivity contribution in [3.8, 4) is 0 Å². The molecule has 0 fully saturated rings. The summed E-state index contributed by atoms with van der Waals surface area (Å²) >= 11 is 4.77. The minimum Gasteiger partial charge on any atom is -0.465 e. The highest BCUT2D eigenvalue weighted by molar-refractivity contribution is 9.10. The van der Waals surface area contributed by atoms with E-state index in [4.69, 9.17) is 10.5 Å². The summed E-state index contributed by atoms with van der Waals surface area (Å²) in [6, 6.07) is 5.58. The van der Waals surface area contributed by atoms with E-state index in [1.807, 2.05) is 25.1 Å². The van der Waals surface area contributed by atoms with Gasteiger partial charge in [0, 0.05) is 15.1 Å². The van der Waals surface area contributed by atoms with Crippen LogP contribution in [0.25, 0.3) is 0 Å². The van der Waals surface area contributed by atoms with Gasteiger partial charge in [-0.25, -0.2) is 0 Å². The van der Waals surface area contributed by atoms with E-state index in [1.54, 1.807) is 6.92 Å². The number of rotatable bonds is 4. The van der Waals surface area contributed by atoms with Crippen LogP contribution in [0.3, 0.4) is 0 Å². The fourth-order valence-corrected chi connectivity index (χ4v) is 2.57. The molecule has 0 amide bonds. The number of esters is 1. The molecule has 1 aromatic rings. The van der Waals surface area contributed by atoms with Gasteiger partial charge in [0.25, 0.3) is 0 Å². The van der Waals surface area contributed by atoms with Gasteiger partial charge in [0.15, 0.2) is 0 Å². The van der Waals surface area contributed by atoms with Crippen LogP contribution in [-0.2, 0) is 9.53 Å². The zero-order chi connectivity index (χ0) is 12.1. The number of thioether (sulfide) groups is 1. The fourth-order valence-electron chi connectivity index (χ4n) is 1.11. The molecule has 0 aromatic heterocycles. The lowest BCUT2D eigenvalue weighted by Crippen LogP contribution is -2.16. The van der Waals surface area contributed by atoms with E-state index in [-0.39, 0.29) is 11.2 Å². The zero-order valence-electron chi connectivity index (χ0n) is 9.20. The number of nitrogen functional groups attached to an aromatic ring is 1. The fraction of sp³-hybridized carbons (Fsp3) is 0.364. The van der Waals surface area contributed by atoms with E-state index in [2.05, 4.69) is 15.9 Å². The number of hydrogen-bond acceptors (Lipinski definition) is 4. The predicted molar refractivity (Wildman–Crippen MR) is 70.5 cm³/mol. The lowest BCUT2D eigenvalue weighted by atomic mass is 10.3. The highest BCUT2D eigenvalue weighted by atomic mass is 79.9. The van der Waals surface area contributed by atoms with E-state index in [0.29, 0.717) is 12.3 Å². The summed E-state index contributed by atoms with van der Waals surface area (Å²) in [5.74, 6) is -0.216. The lowest BCUT2D eigenvalue weighted by molar-refractivity contribution is -0.142. The molecule has 0 heterocycles. The first-order chi connectivity index (χ1) is 7.54. The van der Waals surface area contributed by atoms with Crippen molar-refractivity contribution in [3.05, 3.63) is 22.7 Å². The molecule has 5 heteroatoms. The first-order valence-electron chi connectivity index (χ1n) is 4.93. The highest BCUT2D eigenvalue weighted by Crippen LogP contribution is 2.31. The third-order valence-corrected chi connectivity index (χ3v) is 3.54. The molecule has 16 heavy (non-hydrogen) atoms. The minimum atomic E-state index is -0.253. The van der Waals surface area contributed by atoms with Crippen molar-refractivity contribution in [2.24, 2.45) is 0 Å². The molecule has 0 aliphatic rings. The van der Waals surface area contributed by atoms with Gasteiger partial charge in [0.05, 0.1) is 6.61 Å². The first-order valence-corrected chi connectivity index (χ1v) is 6.60. The van der Waals surface area contributed by atoms with E-state index < -0.39 is 0 Å². The Morgan fingerprint density at radius 2 is 2.31 bits per heavy atom. The largest absolute Gasteiger partial charge is 0.465 e. The van der Waals surface area contributed by atoms with Gasteiger partial charge in [-0.05, 0) is 32.0 Å². The molecule has 0 aliphatic carbocycles. The van der Waals surface area contributed by atoms with Gasteiger partial charge in [-0.2, -0.15) is 0 Å². The van der Waals surface area contributed by atoms with Crippen LogP contribution in [0, 0.1) is 0 Å². The zero-order valence-corrected chi connectivity index (χ0v) is 11.6. The Bertz CT molecular complexity index is 384. The second-order valence-corrected chi connectivity index (χ2v) is 5.49. The number of carbonyl (C=O) groups is 1. The van der Waals surface area contributed by atoms with Gasteiger partial charge in [-0.15, -0.1) is 11.8 Å². The summed E-state index contributed by atoms with van der Waals surface area (Å²) in [7, 11) is 0. The van der Waals surface area contributed by atoms with Crippen LogP contribution < -0.4 is 5.73 Å². The lowest BCUT2D eigenvalue weighted by Gasteiger charge is -2.11. The maximum Gasteiger partial charge on any atom is 0.319 e. The molecule has 0 aliphatic heterocycles. The van der Waals surface area contributed by atoms with Crippen LogP contribution in [0.2, 0.25) is 0 Å². The van der Waals surface area contributed by atoms with Crippen LogP contribution in [0.15, 0.2) is 27.6 Å². The maximum atomic E-state index is 11.4. The Kier molecular flexibility index (Phi) is 5.15. The predicted octanol–water partition coefficient (Wildman–Crippen LogP) is 3.08. The molecule has 0 saturated heterocycles. The molecule has 1 rings (SSSR count). The summed E-state index contributed by atoms with van der Waals surface area (Å²) in [6.45, 7) is 4.00. The van der Waals surface area contributed by atoms with Gasteiger partial charge in [0.2, 0.25) is 0 Å². The second kappa shape index (κ2) is 6.15. The van der Waals surface area contributed by atoms with Crippen molar-refractivity contribution in [1.82, 2.24) is 0 Å². The summed E-state index contributed by atoms with van der Waals surface area (Å²) in [6.07, 6.45) is 0. The van der Waals surface area contributed by atoms with Crippen molar-refractivity contribution < 1.29 is 9.53 Å². The molecule has 1 unspecified atom stereocenters. The molecule has 1 aromatic carbocycles. The van der Waals surface area contributed by atoms with Gasteiger partial charge in [0.1, 0.15) is 5.25 Å². The van der Waals surface area contributed by atoms with Crippen molar-refractivity contribution in [3.63, 3.8) is 0 Å². The topological polar surface area (TPSA) is 52.3 Å². The average Bonchev–Trinajstić information content (AvgIpc) is 2.23. The second-order valence-electron chi connectivity index (χ2n) is 3.19. The van der Waals surface area contributed by atoms with Gasteiger partial charge in [-0.1, -0.05) is 15.9 Å². The van der Waals surface area contributed by atoms with Crippen molar-refractivity contribution in [1.29, 1.82) is 0 Å². The van der Waals surface area contributed by atoms with E-state index >= 15 is 0 Å². The number of nitrogens with two attached hydrogens (primary N) is 1. The monoisotopic (exact) mass is 303 g/mol. The van der Waals surface area contributed by atoms with Gasteiger partial charge in [-0.3, -0.25) is 4.79 Å². The third kappa shape index (κ3) is 3.72. The van der Waals surface area contributed by atoms with E-state index in [0.717, 1.165) is 9.37 Å². The smallest absolute Gasteiger partial charge is 0.319 e. The molecule has 1 atom stereocenters. The molecule has 0 bridgehead atoms. The summed E-state index contributed by atoms with van der Waals surface area (Å²) < 4.78 is 5.88. The molecule has 2 N–H and O–H groups in total. The third-order valence-electron chi connectivity index (χ3n) is 1.90. The number of anilines is 1. The minimum absolute atomic E-state index is 0.216. The molecule has 3 nitrogen and oxygen atoms in total. The molecular weight excluding hydrogens is 290 g/mol. The number of carbonyl (C=O) groups excluding carboxylic acids is 1. The first kappa shape index (κ1) is 13.4. The Morgan fingerprint density at radius 3 is 2.94 bits per heavy atom. The van der Waals surface area contributed by atoms with Gasteiger partial charge >= 0.3 is 5.97 Å². The molecule has 88 valence electrons. The van der Waals surface area contributed by atoms with Crippen molar-refractivity contribution >= 4 is 39.3 Å². The standard InChI is InChI=1S/C11H14BrNO2S/c1-3-15-11(14)7(2)16-10-6-8(12)4-5-9(10)13/h4-7H,3,13H2,1-2H3. The van der Waals surface area contributed by atoms with E-state index in [1.165, 1.54) is 11.8 Å². The average molecular weight is 304 g/mol. The molecule has 0 saturated carbocycles. The van der Waals surface area contributed by atoms with Gasteiger partial charge < -0.3 is 10.5 Å². The summed E-state index contributed by atoms with van der Waals surface area (Å²) in [5.41, 5.74) is 6.49. The number of hydrogen-bond donors (Lipinski definition) is 1. The Labute approximate surface area is 108 Å². The Balaban J connectivity index is 2.72. The number of ether oxygens (including phenoxy) is 1. The number of halogens is 1. The maximum absolute atomic E-state index is 11.4. The van der Waals surface area contributed by atoms with E-state index in [9.17, 15) is 4.79 Å². The molecule has 0 radical (unpaired) electrons. The SMILES string of the molecule is CCOC(=O)C(C)Sc1cc(Br)ccc1N. The van der Waals surface area contributed by atoms with Crippen LogP contribution in [0.4, 0.5) is 5.69 Å². The summed E-state index contributed by atoms with van der Waals surface area (Å²) in [4.78, 5) is 12.3. The van der Waals surface area contributed by atoms with Crippen LogP contribution >= 0.6 is 27.7 Å². The van der Waals surface area contributed by atoms with Crippen molar-refractivity contribution in [2.45, 2.75) is 24.0 Å². The van der Waals surface area contributed by atoms with Crippen LogP contribution in [0.5, 0.6) is 0 Å².